The maximum atomic E-state index is 13.9. The van der Waals surface area contributed by atoms with Crippen LogP contribution in [0.1, 0.15) is 34.5 Å². The number of anilines is 1. The minimum absolute atomic E-state index is 0.00660. The summed E-state index contributed by atoms with van der Waals surface area (Å²) in [4.78, 5) is 40.5. The number of rotatable bonds is 5. The van der Waals surface area contributed by atoms with E-state index in [0.717, 1.165) is 31.6 Å². The topological polar surface area (TPSA) is 99.5 Å². The van der Waals surface area contributed by atoms with Crippen molar-refractivity contribution in [1.29, 1.82) is 0 Å². The molecule has 0 fully saturated rings. The molecule has 0 spiro atoms. The molecule has 0 unspecified atom stereocenters. The Bertz CT molecular complexity index is 1770. The fourth-order valence-electron chi connectivity index (χ4n) is 4.63. The number of thiophene rings is 1. The maximum Gasteiger partial charge on any atom is 0.359 e. The van der Waals surface area contributed by atoms with Crippen molar-refractivity contribution in [2.75, 3.05) is 11.9 Å². The number of nitrogens with zero attached hydrogens (tertiary/aromatic N) is 2. The highest BCUT2D eigenvalue weighted by atomic mass is 79.9. The van der Waals surface area contributed by atoms with E-state index in [9.17, 15) is 14.4 Å². The van der Waals surface area contributed by atoms with Gasteiger partial charge in [-0.25, -0.2) is 4.79 Å². The molecular formula is C29H20BrN3O5S. The van der Waals surface area contributed by atoms with Crippen molar-refractivity contribution in [2.24, 2.45) is 0 Å². The maximum absolute atomic E-state index is 13.9. The summed E-state index contributed by atoms with van der Waals surface area (Å²) in [7, 11) is 0. The summed E-state index contributed by atoms with van der Waals surface area (Å²) in [5.74, 6) is -0.455. The van der Waals surface area contributed by atoms with Crippen LogP contribution in [-0.4, -0.2) is 28.3 Å². The number of hydrogen-bond acceptors (Lipinski definition) is 7. The Kier molecular flexibility index (Phi) is 6.49. The van der Waals surface area contributed by atoms with Crippen LogP contribution in [0, 0.1) is 0 Å². The first-order valence-electron chi connectivity index (χ1n) is 12.1. The number of esters is 1. The molecule has 0 radical (unpaired) electrons. The van der Waals surface area contributed by atoms with E-state index in [1.54, 1.807) is 36.6 Å². The number of carbonyl (C=O) groups excluding carboxylic acids is 2. The molecule has 0 atom stereocenters. The van der Waals surface area contributed by atoms with E-state index < -0.39 is 17.4 Å². The van der Waals surface area contributed by atoms with Crippen LogP contribution in [0.4, 0.5) is 5.00 Å². The number of ether oxygens (including phenoxy) is 2. The summed E-state index contributed by atoms with van der Waals surface area (Å²) in [5, 5.41) is 9.78. The Hall–Kier alpha value is -4.28. The van der Waals surface area contributed by atoms with Crippen LogP contribution in [0.5, 0.6) is 11.5 Å². The van der Waals surface area contributed by atoms with Crippen LogP contribution >= 0.6 is 27.3 Å². The van der Waals surface area contributed by atoms with E-state index in [0.29, 0.717) is 27.6 Å². The number of hydrogen-bond donors (Lipinski definition) is 1. The van der Waals surface area contributed by atoms with E-state index in [4.69, 9.17) is 9.47 Å². The molecule has 8 nitrogen and oxygen atoms in total. The van der Waals surface area contributed by atoms with Gasteiger partial charge in [-0.2, -0.15) is 9.78 Å². The number of fused-ring (bicyclic) bond motifs is 3. The zero-order valence-corrected chi connectivity index (χ0v) is 22.9. The third-order valence-corrected chi connectivity index (χ3v) is 7.80. The molecule has 2 aromatic heterocycles. The SMILES string of the molecule is CCOC(=O)c1nn(-c2ccc(Br)cc2)c(=O)c2c(NC(=O)C3c4ccccc4Oc4ccccc43)scc12. The number of halogens is 1. The molecule has 1 N–H and O–H groups in total. The molecule has 3 aromatic carbocycles. The lowest BCUT2D eigenvalue weighted by Crippen LogP contribution is -2.27. The van der Waals surface area contributed by atoms with Gasteiger partial charge in [0.05, 0.1) is 23.6 Å². The fourth-order valence-corrected chi connectivity index (χ4v) is 5.83. The molecule has 0 saturated carbocycles. The molecule has 5 aromatic rings. The summed E-state index contributed by atoms with van der Waals surface area (Å²) >= 11 is 4.55. The zero-order chi connectivity index (χ0) is 27.1. The molecular weight excluding hydrogens is 582 g/mol. The van der Waals surface area contributed by atoms with Gasteiger partial charge in [0.25, 0.3) is 5.56 Å². The van der Waals surface area contributed by atoms with Crippen molar-refractivity contribution in [1.82, 2.24) is 9.78 Å². The Morgan fingerprint density at radius 1 is 1.03 bits per heavy atom. The first kappa shape index (κ1) is 25.0. The van der Waals surface area contributed by atoms with Gasteiger partial charge < -0.3 is 14.8 Å². The Labute approximate surface area is 234 Å². The minimum atomic E-state index is -0.664. The first-order valence-corrected chi connectivity index (χ1v) is 13.8. The van der Waals surface area contributed by atoms with E-state index in [2.05, 4.69) is 26.3 Å². The van der Waals surface area contributed by atoms with Crippen LogP contribution in [-0.2, 0) is 9.53 Å². The first-order chi connectivity index (χ1) is 19.0. The van der Waals surface area contributed by atoms with Crippen LogP contribution in [0.2, 0.25) is 0 Å². The predicted molar refractivity (Wildman–Crippen MR) is 152 cm³/mol. The van der Waals surface area contributed by atoms with Gasteiger partial charge in [-0.1, -0.05) is 52.3 Å². The Morgan fingerprint density at radius 2 is 1.67 bits per heavy atom. The second-order valence-corrected chi connectivity index (χ2v) is 10.5. The van der Waals surface area contributed by atoms with E-state index in [1.165, 1.54) is 0 Å². The fraction of sp³-hybridized carbons (Fsp3) is 0.103. The number of para-hydroxylation sites is 2. The van der Waals surface area contributed by atoms with E-state index in [-0.39, 0.29) is 23.6 Å². The normalized spacial score (nSPS) is 12.4. The highest BCUT2D eigenvalue weighted by Gasteiger charge is 2.33. The third kappa shape index (κ3) is 4.41. The molecule has 0 aliphatic carbocycles. The van der Waals surface area contributed by atoms with Crippen LogP contribution in [0.25, 0.3) is 16.5 Å². The van der Waals surface area contributed by atoms with Gasteiger partial charge in [0.1, 0.15) is 16.5 Å². The van der Waals surface area contributed by atoms with Crippen molar-refractivity contribution in [3.63, 3.8) is 0 Å². The summed E-state index contributed by atoms with van der Waals surface area (Å²) in [6.07, 6.45) is 0. The lowest BCUT2D eigenvalue weighted by Gasteiger charge is -2.27. The number of aromatic nitrogens is 2. The number of amides is 1. The average molecular weight is 602 g/mol. The molecule has 3 heterocycles. The Balaban J connectivity index is 1.48. The summed E-state index contributed by atoms with van der Waals surface area (Å²) in [6.45, 7) is 1.85. The number of nitrogens with one attached hydrogen (secondary N) is 1. The van der Waals surface area contributed by atoms with E-state index >= 15 is 0 Å². The smallest absolute Gasteiger partial charge is 0.359 e. The third-order valence-electron chi connectivity index (χ3n) is 6.37. The average Bonchev–Trinajstić information content (AvgIpc) is 3.36. The van der Waals surface area contributed by atoms with Gasteiger partial charge in [0, 0.05) is 26.4 Å². The summed E-state index contributed by atoms with van der Waals surface area (Å²) in [6, 6.07) is 21.7. The highest BCUT2D eigenvalue weighted by Crippen LogP contribution is 2.44. The quantitative estimate of drug-likeness (QED) is 0.239. The predicted octanol–water partition coefficient (Wildman–Crippen LogP) is 6.26. The van der Waals surface area contributed by atoms with Gasteiger partial charge >= 0.3 is 5.97 Å². The van der Waals surface area contributed by atoms with Gasteiger partial charge in [-0.05, 0) is 43.3 Å². The lowest BCUT2D eigenvalue weighted by atomic mass is 9.87. The van der Waals surface area contributed by atoms with E-state index in [1.807, 2.05) is 48.5 Å². The van der Waals surface area contributed by atoms with Gasteiger partial charge in [0.15, 0.2) is 5.69 Å². The number of carbonyl (C=O) groups is 2. The summed E-state index contributed by atoms with van der Waals surface area (Å²) < 4.78 is 13.2. The van der Waals surface area contributed by atoms with Crippen molar-refractivity contribution < 1.29 is 19.1 Å². The van der Waals surface area contributed by atoms with Crippen LogP contribution in [0.15, 0.2) is 87.4 Å². The largest absolute Gasteiger partial charge is 0.461 e. The molecule has 1 aliphatic rings. The zero-order valence-electron chi connectivity index (χ0n) is 20.5. The molecule has 1 aliphatic heterocycles. The Morgan fingerprint density at radius 3 is 2.31 bits per heavy atom. The molecule has 0 bridgehead atoms. The lowest BCUT2D eigenvalue weighted by molar-refractivity contribution is -0.116. The highest BCUT2D eigenvalue weighted by molar-refractivity contribution is 9.10. The monoisotopic (exact) mass is 601 g/mol. The van der Waals surface area contributed by atoms with Crippen molar-refractivity contribution in [3.05, 3.63) is 110 Å². The van der Waals surface area contributed by atoms with Gasteiger partial charge in [0.2, 0.25) is 5.91 Å². The molecule has 6 rings (SSSR count). The summed E-state index contributed by atoms with van der Waals surface area (Å²) in [5.41, 5.74) is 1.43. The van der Waals surface area contributed by atoms with Crippen LogP contribution in [0.3, 0.4) is 0 Å². The van der Waals surface area contributed by atoms with Gasteiger partial charge in [-0.3, -0.25) is 9.59 Å². The van der Waals surface area contributed by atoms with Crippen LogP contribution < -0.4 is 15.6 Å². The minimum Gasteiger partial charge on any atom is -0.461 e. The number of benzene rings is 3. The van der Waals surface area contributed by atoms with Crippen molar-refractivity contribution in [2.45, 2.75) is 12.8 Å². The molecule has 0 saturated heterocycles. The van der Waals surface area contributed by atoms with Crippen molar-refractivity contribution >= 4 is 54.9 Å². The van der Waals surface area contributed by atoms with Gasteiger partial charge in [-0.15, -0.1) is 11.3 Å². The molecule has 39 heavy (non-hydrogen) atoms. The molecule has 10 heteroatoms. The standard InChI is InChI=1S/C29H20BrN3O5S/c1-2-37-29(36)25-20-15-39-27(24(20)28(35)33(32-25)17-13-11-16(30)12-14-17)31-26(34)23-18-7-3-5-9-21(18)38-22-10-6-4-8-19(22)23/h3-15,23H,2H2,1H3,(H,31,34). The molecule has 194 valence electrons. The second-order valence-electron chi connectivity index (χ2n) is 8.72. The molecule has 1 amide bonds. The van der Waals surface area contributed by atoms with Crippen molar-refractivity contribution in [3.8, 4) is 17.2 Å². The second kappa shape index (κ2) is 10.1.